The van der Waals surface area contributed by atoms with Gasteiger partial charge < -0.3 is 34.3 Å². The van der Waals surface area contributed by atoms with Gasteiger partial charge in [0.15, 0.2) is 6.29 Å². The Hall–Kier alpha value is -2.98. The monoisotopic (exact) mass is 977 g/mol. The minimum atomic E-state index is -5.08. The molecule has 390 valence electrons. The molecular formula is C55H92O12S. The first-order valence-electron chi connectivity index (χ1n) is 26.0. The van der Waals surface area contributed by atoms with Gasteiger partial charge in [-0.25, -0.2) is 4.18 Å². The minimum Gasteiger partial charge on any atom is -0.457 e. The highest BCUT2D eigenvalue weighted by Crippen LogP contribution is 2.26. The van der Waals surface area contributed by atoms with E-state index in [1.165, 1.54) is 83.5 Å². The smallest absolute Gasteiger partial charge is 0.397 e. The van der Waals surface area contributed by atoms with Gasteiger partial charge in [0.25, 0.3) is 0 Å². The minimum absolute atomic E-state index is 0.00478. The molecule has 4 N–H and O–H groups in total. The number of hydrogen-bond acceptors (Lipinski definition) is 11. The zero-order valence-electron chi connectivity index (χ0n) is 41.9. The second-order valence-corrected chi connectivity index (χ2v) is 18.4. The summed E-state index contributed by atoms with van der Waals surface area (Å²) in [6.07, 6.45) is 53.0. The standard InChI is InChI=1S/C55H92O12S/c1-3-5-7-9-11-13-15-17-19-21-23-24-25-26-27-28-30-32-34-36-38-40-42-44-51(57)65-49(48-64-55-53(59)54(67-68(60,61)62)52(58)50(46-56)66-55)47-63-45-43-41-39-37-35-33-31-29-22-20-18-16-14-12-10-8-6-4-2/h5,7,11,13,17-20,23-24,26-27,30,32,36,38,49-50,52-56,58-59H,3-4,6,8-10,12,14-16,21-22,25,28-29,31,33-35,37,39-48H2,1-2H3,(H,60,61,62)/b7-5-,13-11-,19-17-,20-18-,24-23-,27-26-,32-30-,38-36-. The van der Waals surface area contributed by atoms with Gasteiger partial charge in [0.1, 0.15) is 30.5 Å². The molecule has 0 radical (unpaired) electrons. The summed E-state index contributed by atoms with van der Waals surface area (Å²) in [5.41, 5.74) is 0. The van der Waals surface area contributed by atoms with Gasteiger partial charge in [-0.05, 0) is 89.9 Å². The molecule has 0 aromatic carbocycles. The lowest BCUT2D eigenvalue weighted by Gasteiger charge is -2.41. The van der Waals surface area contributed by atoms with Crippen molar-refractivity contribution in [3.05, 3.63) is 97.2 Å². The Labute approximate surface area is 412 Å². The van der Waals surface area contributed by atoms with E-state index in [0.717, 1.165) is 64.2 Å². The molecule has 0 aromatic rings. The maximum absolute atomic E-state index is 12.9. The van der Waals surface area contributed by atoms with Crippen molar-refractivity contribution in [2.75, 3.05) is 26.4 Å². The van der Waals surface area contributed by atoms with Gasteiger partial charge >= 0.3 is 16.4 Å². The van der Waals surface area contributed by atoms with Gasteiger partial charge in [0.2, 0.25) is 0 Å². The Kier molecular flexibility index (Phi) is 41.9. The summed E-state index contributed by atoms with van der Waals surface area (Å²) in [5, 5.41) is 30.8. The Morgan fingerprint density at radius 1 is 0.574 bits per heavy atom. The molecule has 0 aromatic heterocycles. The zero-order valence-corrected chi connectivity index (χ0v) is 42.7. The van der Waals surface area contributed by atoms with Crippen LogP contribution in [0.15, 0.2) is 97.2 Å². The van der Waals surface area contributed by atoms with Crippen LogP contribution in [0.4, 0.5) is 0 Å². The van der Waals surface area contributed by atoms with E-state index in [1.54, 1.807) is 0 Å². The van der Waals surface area contributed by atoms with E-state index >= 15 is 0 Å². The largest absolute Gasteiger partial charge is 0.457 e. The highest BCUT2D eigenvalue weighted by molar-refractivity contribution is 7.80. The van der Waals surface area contributed by atoms with E-state index < -0.39 is 59.8 Å². The molecule has 6 atom stereocenters. The Morgan fingerprint density at radius 3 is 1.50 bits per heavy atom. The van der Waals surface area contributed by atoms with Crippen molar-refractivity contribution in [1.82, 2.24) is 0 Å². The van der Waals surface area contributed by atoms with Crippen LogP contribution < -0.4 is 0 Å². The molecule has 0 amide bonds. The quantitative estimate of drug-likeness (QED) is 0.0197. The third kappa shape index (κ3) is 37.9. The number of aliphatic hydroxyl groups is 3. The number of rotatable bonds is 44. The molecule has 6 unspecified atom stereocenters. The summed E-state index contributed by atoms with van der Waals surface area (Å²) in [7, 11) is -5.08. The normalized spacial score (nSPS) is 20.1. The first kappa shape index (κ1) is 63.0. The maximum Gasteiger partial charge on any atom is 0.397 e. The van der Waals surface area contributed by atoms with Gasteiger partial charge in [-0.3, -0.25) is 9.35 Å². The number of ether oxygens (including phenoxy) is 4. The van der Waals surface area contributed by atoms with Crippen LogP contribution in [0.1, 0.15) is 181 Å². The molecule has 1 fully saturated rings. The molecule has 1 aliphatic heterocycles. The van der Waals surface area contributed by atoms with Gasteiger partial charge in [0, 0.05) is 13.0 Å². The van der Waals surface area contributed by atoms with Gasteiger partial charge in [0.05, 0.1) is 19.8 Å². The topological polar surface area (TPSA) is 178 Å². The van der Waals surface area contributed by atoms with Crippen LogP contribution in [-0.2, 0) is 38.3 Å². The molecule has 0 saturated carbocycles. The van der Waals surface area contributed by atoms with E-state index in [-0.39, 0.29) is 19.6 Å². The average Bonchev–Trinajstić information content (AvgIpc) is 3.31. The third-order valence-corrected chi connectivity index (χ3v) is 11.7. The van der Waals surface area contributed by atoms with E-state index in [9.17, 15) is 33.1 Å². The molecule has 68 heavy (non-hydrogen) atoms. The average molecular weight is 977 g/mol. The van der Waals surface area contributed by atoms with Crippen LogP contribution in [0.3, 0.4) is 0 Å². The number of allylic oxidation sites excluding steroid dienone is 16. The molecule has 1 saturated heterocycles. The van der Waals surface area contributed by atoms with Crippen LogP contribution in [0, 0.1) is 0 Å². The Balaban J connectivity index is 2.42. The van der Waals surface area contributed by atoms with Crippen molar-refractivity contribution in [2.24, 2.45) is 0 Å². The molecule has 0 aliphatic carbocycles. The molecule has 1 heterocycles. The van der Waals surface area contributed by atoms with Crippen LogP contribution in [0.25, 0.3) is 0 Å². The number of esters is 1. The lowest BCUT2D eigenvalue weighted by Crippen LogP contribution is -2.60. The summed E-state index contributed by atoms with van der Waals surface area (Å²) in [5.74, 6) is -0.460. The number of carbonyl (C=O) groups excluding carboxylic acids is 1. The SMILES string of the molecule is CC/C=C\C/C=C\C/C=C\C/C=C\C/C=C\C/C=C\C/C=C\CCCC(=O)OC(COCCCCCCCCCC/C=C\CCCCCCCC)COC1OC(CO)C(O)C(OS(=O)(=O)O)C1O. The Morgan fingerprint density at radius 2 is 1.01 bits per heavy atom. The number of carbonyl (C=O) groups is 1. The van der Waals surface area contributed by atoms with E-state index in [2.05, 4.69) is 109 Å². The third-order valence-electron chi connectivity index (χ3n) is 11.2. The molecule has 1 rings (SSSR count). The fourth-order valence-electron chi connectivity index (χ4n) is 7.30. The summed E-state index contributed by atoms with van der Waals surface area (Å²) >= 11 is 0. The van der Waals surface area contributed by atoms with E-state index in [0.29, 0.717) is 19.4 Å². The van der Waals surface area contributed by atoms with Gasteiger partial charge in [-0.15, -0.1) is 0 Å². The zero-order chi connectivity index (χ0) is 49.6. The lowest BCUT2D eigenvalue weighted by atomic mass is 9.99. The number of aliphatic hydroxyl groups excluding tert-OH is 3. The predicted octanol–water partition coefficient (Wildman–Crippen LogP) is 12.2. The first-order valence-corrected chi connectivity index (χ1v) is 27.4. The van der Waals surface area contributed by atoms with E-state index in [4.69, 9.17) is 18.9 Å². The number of hydrogen-bond donors (Lipinski definition) is 4. The van der Waals surface area contributed by atoms with Crippen LogP contribution in [0.5, 0.6) is 0 Å². The fraction of sp³-hybridized carbons (Fsp3) is 0.691. The summed E-state index contributed by atoms with van der Waals surface area (Å²) < 4.78 is 59.2. The maximum atomic E-state index is 12.9. The van der Waals surface area contributed by atoms with Crippen molar-refractivity contribution in [2.45, 2.75) is 218 Å². The molecule has 12 nitrogen and oxygen atoms in total. The van der Waals surface area contributed by atoms with E-state index in [1.807, 2.05) is 6.08 Å². The van der Waals surface area contributed by atoms with Gasteiger partial charge in [-0.1, -0.05) is 182 Å². The molecule has 0 spiro atoms. The van der Waals surface area contributed by atoms with Gasteiger partial charge in [-0.2, -0.15) is 8.42 Å². The van der Waals surface area contributed by atoms with Crippen molar-refractivity contribution >= 4 is 16.4 Å². The summed E-state index contributed by atoms with van der Waals surface area (Å²) in [6, 6.07) is 0. The second kappa shape index (κ2) is 45.2. The predicted molar refractivity (Wildman–Crippen MR) is 275 cm³/mol. The van der Waals surface area contributed by atoms with Crippen LogP contribution >= 0.6 is 0 Å². The highest BCUT2D eigenvalue weighted by Gasteiger charge is 2.48. The van der Waals surface area contributed by atoms with Crippen molar-refractivity contribution in [3.63, 3.8) is 0 Å². The molecule has 13 heteroatoms. The second-order valence-electron chi connectivity index (χ2n) is 17.4. The summed E-state index contributed by atoms with van der Waals surface area (Å²) in [6.45, 7) is 3.79. The summed E-state index contributed by atoms with van der Waals surface area (Å²) in [4.78, 5) is 12.9. The first-order chi connectivity index (χ1) is 33.1. The molecule has 0 bridgehead atoms. The Bertz CT molecular complexity index is 1550. The van der Waals surface area contributed by atoms with Crippen LogP contribution in [-0.4, -0.2) is 97.5 Å². The lowest BCUT2D eigenvalue weighted by molar-refractivity contribution is -0.301. The molecule has 1 aliphatic rings. The van der Waals surface area contributed by atoms with Crippen LogP contribution in [0.2, 0.25) is 0 Å². The molecular weight excluding hydrogens is 885 g/mol. The number of unbranched alkanes of at least 4 members (excludes halogenated alkanes) is 15. The fourth-order valence-corrected chi connectivity index (χ4v) is 7.81. The van der Waals surface area contributed by atoms with Crippen molar-refractivity contribution < 1.29 is 56.2 Å². The highest BCUT2D eigenvalue weighted by atomic mass is 32.3. The van der Waals surface area contributed by atoms with Crippen molar-refractivity contribution in [3.8, 4) is 0 Å². The van der Waals surface area contributed by atoms with Crippen molar-refractivity contribution in [1.29, 1.82) is 0 Å².